The molecular formula is C18H17F2N5O2S. The normalized spacial score (nSPS) is 10.7. The van der Waals surface area contributed by atoms with Gasteiger partial charge in [-0.2, -0.15) is 4.68 Å². The van der Waals surface area contributed by atoms with E-state index in [2.05, 4.69) is 15.5 Å². The summed E-state index contributed by atoms with van der Waals surface area (Å²) in [6.07, 6.45) is 0. The van der Waals surface area contributed by atoms with Crippen LogP contribution in [-0.4, -0.2) is 50.9 Å². The van der Waals surface area contributed by atoms with Crippen LogP contribution in [0.3, 0.4) is 0 Å². The molecule has 0 spiro atoms. The number of hydrogen-bond donors (Lipinski definition) is 0. The zero-order valence-electron chi connectivity index (χ0n) is 15.2. The van der Waals surface area contributed by atoms with E-state index in [1.807, 2.05) is 0 Å². The second-order valence-corrected chi connectivity index (χ2v) is 6.80. The van der Waals surface area contributed by atoms with Crippen LogP contribution in [0.5, 0.6) is 5.75 Å². The number of halogens is 2. The van der Waals surface area contributed by atoms with Crippen LogP contribution in [0.1, 0.15) is 5.56 Å². The van der Waals surface area contributed by atoms with Gasteiger partial charge in [-0.25, -0.2) is 8.78 Å². The topological polar surface area (TPSA) is 73.1 Å². The molecular weight excluding hydrogens is 388 g/mol. The number of tetrazole rings is 1. The predicted molar refractivity (Wildman–Crippen MR) is 99.3 cm³/mol. The quantitative estimate of drug-likeness (QED) is 0.563. The monoisotopic (exact) mass is 405 g/mol. The summed E-state index contributed by atoms with van der Waals surface area (Å²) in [6.45, 7) is 0.245. The summed E-state index contributed by atoms with van der Waals surface area (Å²) >= 11 is 1.13. The van der Waals surface area contributed by atoms with Gasteiger partial charge < -0.3 is 9.64 Å². The number of rotatable bonds is 7. The summed E-state index contributed by atoms with van der Waals surface area (Å²) in [5, 5.41) is 11.7. The lowest BCUT2D eigenvalue weighted by molar-refractivity contribution is -0.127. The molecule has 3 rings (SSSR count). The summed E-state index contributed by atoms with van der Waals surface area (Å²) in [7, 11) is 3.02. The van der Waals surface area contributed by atoms with Gasteiger partial charge in [0.2, 0.25) is 11.1 Å². The van der Waals surface area contributed by atoms with Gasteiger partial charge in [0, 0.05) is 13.6 Å². The van der Waals surface area contributed by atoms with E-state index in [0.29, 0.717) is 16.4 Å². The third-order valence-corrected chi connectivity index (χ3v) is 4.78. The van der Waals surface area contributed by atoms with Crippen LogP contribution in [0, 0.1) is 11.6 Å². The largest absolute Gasteiger partial charge is 0.494 e. The van der Waals surface area contributed by atoms with E-state index in [-0.39, 0.29) is 24.0 Å². The number of thioether (sulfide) groups is 1. The van der Waals surface area contributed by atoms with Gasteiger partial charge in [0.25, 0.3) is 0 Å². The van der Waals surface area contributed by atoms with Gasteiger partial charge in [0.1, 0.15) is 5.82 Å². The minimum absolute atomic E-state index is 0.0742. The fourth-order valence-corrected chi connectivity index (χ4v) is 3.28. The molecule has 7 nitrogen and oxygen atoms in total. The van der Waals surface area contributed by atoms with E-state index in [1.165, 1.54) is 41.0 Å². The molecule has 0 saturated heterocycles. The molecule has 10 heteroatoms. The fourth-order valence-electron chi connectivity index (χ4n) is 2.45. The van der Waals surface area contributed by atoms with Gasteiger partial charge in [-0.05, 0) is 46.3 Å². The molecule has 0 saturated carbocycles. The first kappa shape index (κ1) is 19.7. The van der Waals surface area contributed by atoms with E-state index >= 15 is 0 Å². The smallest absolute Gasteiger partial charge is 0.233 e. The second-order valence-electron chi connectivity index (χ2n) is 5.86. The third kappa shape index (κ3) is 4.63. The Labute approximate surface area is 164 Å². The van der Waals surface area contributed by atoms with E-state index in [4.69, 9.17) is 4.74 Å². The van der Waals surface area contributed by atoms with Gasteiger partial charge in [-0.3, -0.25) is 4.79 Å². The zero-order chi connectivity index (χ0) is 20.1. The lowest BCUT2D eigenvalue weighted by atomic mass is 10.2. The van der Waals surface area contributed by atoms with Crippen molar-refractivity contribution in [3.05, 3.63) is 59.7 Å². The molecule has 0 atom stereocenters. The lowest BCUT2D eigenvalue weighted by Crippen LogP contribution is -2.28. The van der Waals surface area contributed by atoms with E-state index in [1.54, 1.807) is 25.2 Å². The molecule has 146 valence electrons. The number of hydrogen-bond acceptors (Lipinski definition) is 6. The van der Waals surface area contributed by atoms with Crippen LogP contribution in [-0.2, 0) is 11.3 Å². The number of aromatic nitrogens is 4. The van der Waals surface area contributed by atoms with Gasteiger partial charge >= 0.3 is 0 Å². The Hall–Kier alpha value is -3.01. The van der Waals surface area contributed by atoms with Gasteiger partial charge in [0.15, 0.2) is 11.6 Å². The summed E-state index contributed by atoms with van der Waals surface area (Å²) in [5.41, 5.74) is 1.10. The number of methoxy groups -OCH3 is 1. The standard InChI is InChI=1S/C18H17F2N5O2S/c1-24(10-12-6-7-16(27-2)15(20)8-12)17(26)11-28-18-21-22-23-25(18)14-5-3-4-13(19)9-14/h3-9H,10-11H2,1-2H3. The number of ether oxygens (including phenoxy) is 1. The minimum Gasteiger partial charge on any atom is -0.494 e. The Morgan fingerprint density at radius 2 is 2.07 bits per heavy atom. The summed E-state index contributed by atoms with van der Waals surface area (Å²) < 4.78 is 33.4. The molecule has 1 heterocycles. The van der Waals surface area contributed by atoms with Crippen LogP contribution < -0.4 is 4.74 Å². The van der Waals surface area contributed by atoms with Crippen LogP contribution in [0.15, 0.2) is 47.6 Å². The molecule has 2 aromatic carbocycles. The molecule has 0 bridgehead atoms. The van der Waals surface area contributed by atoms with Crippen molar-refractivity contribution < 1.29 is 18.3 Å². The molecule has 28 heavy (non-hydrogen) atoms. The second kappa shape index (κ2) is 8.79. The van der Waals surface area contributed by atoms with E-state index in [0.717, 1.165) is 11.8 Å². The van der Waals surface area contributed by atoms with Crippen molar-refractivity contribution in [1.82, 2.24) is 25.1 Å². The van der Waals surface area contributed by atoms with Crippen molar-refractivity contribution in [2.24, 2.45) is 0 Å². The molecule has 0 aliphatic carbocycles. The first-order valence-electron chi connectivity index (χ1n) is 8.21. The molecule has 1 amide bonds. The number of nitrogens with zero attached hydrogens (tertiary/aromatic N) is 5. The number of carbonyl (C=O) groups excluding carboxylic acids is 1. The van der Waals surface area contributed by atoms with Crippen LogP contribution >= 0.6 is 11.8 Å². The lowest BCUT2D eigenvalue weighted by Gasteiger charge is -2.17. The van der Waals surface area contributed by atoms with Crippen molar-refractivity contribution >= 4 is 17.7 Å². The summed E-state index contributed by atoms with van der Waals surface area (Å²) in [4.78, 5) is 13.9. The molecule has 0 N–H and O–H groups in total. The average molecular weight is 405 g/mol. The van der Waals surface area contributed by atoms with Crippen LogP contribution in [0.25, 0.3) is 5.69 Å². The highest BCUT2D eigenvalue weighted by Gasteiger charge is 2.15. The van der Waals surface area contributed by atoms with E-state index in [9.17, 15) is 13.6 Å². The van der Waals surface area contributed by atoms with Crippen molar-refractivity contribution in [1.29, 1.82) is 0 Å². The van der Waals surface area contributed by atoms with Gasteiger partial charge in [0.05, 0.1) is 18.6 Å². The maximum Gasteiger partial charge on any atom is 0.233 e. The Bertz CT molecular complexity index is 982. The van der Waals surface area contributed by atoms with Gasteiger partial charge in [-0.15, -0.1) is 5.10 Å². The molecule has 3 aromatic rings. The fraction of sp³-hybridized carbons (Fsp3) is 0.222. The highest BCUT2D eigenvalue weighted by atomic mass is 32.2. The number of carbonyl (C=O) groups is 1. The first-order valence-corrected chi connectivity index (χ1v) is 9.20. The van der Waals surface area contributed by atoms with Crippen molar-refractivity contribution in [2.45, 2.75) is 11.7 Å². The Balaban J connectivity index is 1.61. The predicted octanol–water partition coefficient (Wildman–Crippen LogP) is 2.70. The molecule has 1 aromatic heterocycles. The Kier molecular flexibility index (Phi) is 6.19. The maximum absolute atomic E-state index is 13.8. The Morgan fingerprint density at radius 1 is 1.25 bits per heavy atom. The number of benzene rings is 2. The average Bonchev–Trinajstić information content (AvgIpc) is 3.15. The summed E-state index contributed by atoms with van der Waals surface area (Å²) in [6, 6.07) is 10.4. The molecule has 0 aliphatic heterocycles. The number of amides is 1. The highest BCUT2D eigenvalue weighted by molar-refractivity contribution is 7.99. The summed E-state index contributed by atoms with van der Waals surface area (Å²) in [5.74, 6) is -0.853. The zero-order valence-corrected chi connectivity index (χ0v) is 16.0. The van der Waals surface area contributed by atoms with Crippen LogP contribution in [0.2, 0.25) is 0 Å². The van der Waals surface area contributed by atoms with Crippen LogP contribution in [0.4, 0.5) is 8.78 Å². The molecule has 0 unspecified atom stereocenters. The molecule has 0 radical (unpaired) electrons. The minimum atomic E-state index is -0.482. The SMILES string of the molecule is COc1ccc(CN(C)C(=O)CSc2nnnn2-c2cccc(F)c2)cc1F. The van der Waals surface area contributed by atoms with Crippen molar-refractivity contribution in [3.63, 3.8) is 0 Å². The molecule has 0 fully saturated rings. The highest BCUT2D eigenvalue weighted by Crippen LogP contribution is 2.21. The van der Waals surface area contributed by atoms with Crippen molar-refractivity contribution in [3.8, 4) is 11.4 Å². The van der Waals surface area contributed by atoms with Gasteiger partial charge in [-0.1, -0.05) is 23.9 Å². The first-order chi connectivity index (χ1) is 13.5. The third-order valence-electron chi connectivity index (χ3n) is 3.88. The van der Waals surface area contributed by atoms with Crippen molar-refractivity contribution in [2.75, 3.05) is 19.9 Å². The van der Waals surface area contributed by atoms with E-state index < -0.39 is 11.6 Å². The molecule has 0 aliphatic rings. The maximum atomic E-state index is 13.8. The Morgan fingerprint density at radius 3 is 2.79 bits per heavy atom.